The quantitative estimate of drug-likeness (QED) is 0.852. The van der Waals surface area contributed by atoms with Gasteiger partial charge in [-0.25, -0.2) is 4.98 Å². The number of aromatic amines is 1. The third kappa shape index (κ3) is 2.66. The number of H-pyrrole nitrogens is 1. The molecule has 15 heavy (non-hydrogen) atoms. The molecule has 1 N–H and O–H groups in total. The zero-order valence-electron chi connectivity index (χ0n) is 7.97. The third-order valence-corrected chi connectivity index (χ3v) is 2.78. The highest BCUT2D eigenvalue weighted by molar-refractivity contribution is 7.09. The van der Waals surface area contributed by atoms with Crippen LogP contribution in [-0.2, 0) is 6.42 Å². The first-order chi connectivity index (χ1) is 7.36. The van der Waals surface area contributed by atoms with Crippen LogP contribution in [0.15, 0.2) is 34.7 Å². The molecule has 0 amide bonds. The molecule has 4 nitrogen and oxygen atoms in total. The smallest absolute Gasteiger partial charge is 0.310 e. The van der Waals surface area contributed by atoms with Gasteiger partial charge in [-0.3, -0.25) is 4.79 Å². The number of rotatable bonds is 4. The van der Waals surface area contributed by atoms with Gasteiger partial charge in [0.25, 0.3) is 5.88 Å². The summed E-state index contributed by atoms with van der Waals surface area (Å²) in [4.78, 5) is 18.7. The number of nitrogens with one attached hydrogen (secondary N) is 1. The van der Waals surface area contributed by atoms with Crippen molar-refractivity contribution in [1.29, 1.82) is 0 Å². The highest BCUT2D eigenvalue weighted by Gasteiger charge is 2.00. The van der Waals surface area contributed by atoms with Crippen molar-refractivity contribution >= 4 is 11.3 Å². The lowest BCUT2D eigenvalue weighted by Crippen LogP contribution is -2.13. The molecule has 0 aliphatic rings. The topological polar surface area (TPSA) is 55.0 Å². The van der Waals surface area contributed by atoms with E-state index in [0.717, 1.165) is 6.42 Å². The molecule has 5 heteroatoms. The molecule has 0 spiro atoms. The van der Waals surface area contributed by atoms with Crippen molar-refractivity contribution in [3.8, 4) is 5.88 Å². The van der Waals surface area contributed by atoms with E-state index in [2.05, 4.69) is 9.97 Å². The minimum absolute atomic E-state index is 0.133. The van der Waals surface area contributed by atoms with Crippen LogP contribution in [0.3, 0.4) is 0 Å². The largest absolute Gasteiger partial charge is 0.473 e. The van der Waals surface area contributed by atoms with Crippen LogP contribution in [0.1, 0.15) is 4.88 Å². The molecule has 78 valence electrons. The van der Waals surface area contributed by atoms with Gasteiger partial charge in [0, 0.05) is 23.7 Å². The summed E-state index contributed by atoms with van der Waals surface area (Å²) < 4.78 is 5.26. The molecule has 0 fully saturated rings. The van der Waals surface area contributed by atoms with Crippen molar-refractivity contribution < 1.29 is 4.74 Å². The Balaban J connectivity index is 1.89. The van der Waals surface area contributed by atoms with Crippen LogP contribution < -0.4 is 10.3 Å². The van der Waals surface area contributed by atoms with E-state index < -0.39 is 0 Å². The average Bonchev–Trinajstić information content (AvgIpc) is 2.74. The Kier molecular flexibility index (Phi) is 3.14. The normalized spacial score (nSPS) is 10.1. The van der Waals surface area contributed by atoms with Crippen molar-refractivity contribution in [2.24, 2.45) is 0 Å². The fourth-order valence-electron chi connectivity index (χ4n) is 1.14. The van der Waals surface area contributed by atoms with Crippen LogP contribution in [-0.4, -0.2) is 16.6 Å². The maximum Gasteiger partial charge on any atom is 0.310 e. The number of ether oxygens (including phenoxy) is 1. The Labute approximate surface area is 90.6 Å². The summed E-state index contributed by atoms with van der Waals surface area (Å²) in [6.07, 6.45) is 3.78. The number of nitrogens with zero attached hydrogens (tertiary/aromatic N) is 1. The number of hydrogen-bond donors (Lipinski definition) is 1. The molecule has 0 radical (unpaired) electrons. The first-order valence-electron chi connectivity index (χ1n) is 4.55. The summed E-state index contributed by atoms with van der Waals surface area (Å²) in [5, 5.41) is 2.02. The third-order valence-electron chi connectivity index (χ3n) is 1.84. The van der Waals surface area contributed by atoms with Crippen LogP contribution >= 0.6 is 11.3 Å². The molecule has 2 rings (SSSR count). The summed E-state index contributed by atoms with van der Waals surface area (Å²) in [5.74, 6) is 0.133. The van der Waals surface area contributed by atoms with Gasteiger partial charge in [0.05, 0.1) is 6.61 Å². The fraction of sp³-hybridized carbons (Fsp3) is 0.200. The highest BCUT2D eigenvalue weighted by atomic mass is 32.1. The van der Waals surface area contributed by atoms with E-state index in [0.29, 0.717) is 6.61 Å². The molecule has 0 bridgehead atoms. The van der Waals surface area contributed by atoms with Crippen molar-refractivity contribution in [3.05, 3.63) is 45.1 Å². The Morgan fingerprint density at radius 2 is 2.47 bits per heavy atom. The standard InChI is InChI=1S/C10H10N2O2S/c13-9-10(12-5-4-11-9)14-6-3-8-2-1-7-15-8/h1-2,4-5,7H,3,6H2,(H,11,13). The summed E-state index contributed by atoms with van der Waals surface area (Å²) in [7, 11) is 0. The van der Waals surface area contributed by atoms with Crippen molar-refractivity contribution in [2.45, 2.75) is 6.42 Å². The summed E-state index contributed by atoms with van der Waals surface area (Å²) in [6.45, 7) is 0.473. The number of thiophene rings is 1. The van der Waals surface area contributed by atoms with Gasteiger partial charge in [-0.05, 0) is 11.4 Å². The molecule has 0 aromatic carbocycles. The van der Waals surface area contributed by atoms with Gasteiger partial charge in [0.2, 0.25) is 0 Å². The molecule has 0 saturated carbocycles. The molecule has 0 saturated heterocycles. The second-order valence-electron chi connectivity index (χ2n) is 2.90. The maximum atomic E-state index is 11.2. The molecule has 2 aromatic heterocycles. The Morgan fingerprint density at radius 1 is 1.53 bits per heavy atom. The zero-order chi connectivity index (χ0) is 10.5. The Hall–Kier alpha value is -1.62. The van der Waals surface area contributed by atoms with E-state index in [1.54, 1.807) is 11.3 Å². The molecular weight excluding hydrogens is 212 g/mol. The second-order valence-corrected chi connectivity index (χ2v) is 3.93. The zero-order valence-corrected chi connectivity index (χ0v) is 8.79. The first-order valence-corrected chi connectivity index (χ1v) is 5.43. The summed E-state index contributed by atoms with van der Waals surface area (Å²) in [5.41, 5.74) is -0.288. The number of hydrogen-bond acceptors (Lipinski definition) is 4. The predicted octanol–water partition coefficient (Wildman–Crippen LogP) is 1.45. The van der Waals surface area contributed by atoms with E-state index in [4.69, 9.17) is 4.74 Å². The average molecular weight is 222 g/mol. The van der Waals surface area contributed by atoms with Gasteiger partial charge >= 0.3 is 5.56 Å². The van der Waals surface area contributed by atoms with Gasteiger partial charge in [-0.2, -0.15) is 0 Å². The van der Waals surface area contributed by atoms with Crippen molar-refractivity contribution in [1.82, 2.24) is 9.97 Å². The van der Waals surface area contributed by atoms with E-state index in [1.807, 2.05) is 17.5 Å². The lowest BCUT2D eigenvalue weighted by atomic mass is 10.4. The minimum atomic E-state index is -0.288. The maximum absolute atomic E-state index is 11.2. The summed E-state index contributed by atoms with van der Waals surface area (Å²) in [6, 6.07) is 4.03. The minimum Gasteiger partial charge on any atom is -0.473 e. The molecule has 0 aliphatic heterocycles. The Morgan fingerprint density at radius 3 is 3.20 bits per heavy atom. The summed E-state index contributed by atoms with van der Waals surface area (Å²) >= 11 is 1.68. The van der Waals surface area contributed by atoms with Crippen LogP contribution in [0.4, 0.5) is 0 Å². The lowest BCUT2D eigenvalue weighted by molar-refractivity contribution is 0.305. The predicted molar refractivity (Wildman–Crippen MR) is 58.4 cm³/mol. The fourth-order valence-corrected chi connectivity index (χ4v) is 1.83. The van der Waals surface area contributed by atoms with Gasteiger partial charge in [-0.1, -0.05) is 6.07 Å². The van der Waals surface area contributed by atoms with Crippen LogP contribution in [0.2, 0.25) is 0 Å². The van der Waals surface area contributed by atoms with Crippen LogP contribution in [0.5, 0.6) is 5.88 Å². The molecule has 0 unspecified atom stereocenters. The molecule has 2 aromatic rings. The monoisotopic (exact) mass is 222 g/mol. The van der Waals surface area contributed by atoms with Crippen molar-refractivity contribution in [2.75, 3.05) is 6.61 Å². The number of aromatic nitrogens is 2. The molecule has 0 atom stereocenters. The van der Waals surface area contributed by atoms with E-state index in [-0.39, 0.29) is 11.4 Å². The van der Waals surface area contributed by atoms with Crippen LogP contribution in [0.25, 0.3) is 0 Å². The van der Waals surface area contributed by atoms with Gasteiger partial charge in [-0.15, -0.1) is 11.3 Å². The lowest BCUT2D eigenvalue weighted by Gasteiger charge is -2.01. The van der Waals surface area contributed by atoms with E-state index in [9.17, 15) is 4.79 Å². The molecule has 0 aliphatic carbocycles. The first kappa shape index (κ1) is 9.92. The Bertz CT molecular complexity index is 464. The highest BCUT2D eigenvalue weighted by Crippen LogP contribution is 2.09. The van der Waals surface area contributed by atoms with Gasteiger partial charge in [0.1, 0.15) is 0 Å². The van der Waals surface area contributed by atoms with E-state index in [1.165, 1.54) is 17.3 Å². The SMILES string of the molecule is O=c1[nH]ccnc1OCCc1cccs1. The molecule has 2 heterocycles. The molecular formula is C10H10N2O2S. The van der Waals surface area contributed by atoms with Crippen LogP contribution in [0, 0.1) is 0 Å². The van der Waals surface area contributed by atoms with Gasteiger partial charge in [0.15, 0.2) is 0 Å². The second kappa shape index (κ2) is 4.75. The van der Waals surface area contributed by atoms with E-state index >= 15 is 0 Å². The van der Waals surface area contributed by atoms with Gasteiger partial charge < -0.3 is 9.72 Å². The van der Waals surface area contributed by atoms with Crippen molar-refractivity contribution in [3.63, 3.8) is 0 Å².